The number of carbonyl (C=O) groups excluding carboxylic acids is 1. The van der Waals surface area contributed by atoms with E-state index in [0.29, 0.717) is 12.8 Å². The fourth-order valence-corrected chi connectivity index (χ4v) is 2.91. The van der Waals surface area contributed by atoms with Crippen molar-refractivity contribution in [3.05, 3.63) is 0 Å². The number of rotatable bonds is 2. The van der Waals surface area contributed by atoms with Gasteiger partial charge < -0.3 is 14.9 Å². The molecule has 0 aromatic rings. The molecule has 0 atom stereocenters. The largest absolute Gasteiger partial charge is 0.380 e. The van der Waals surface area contributed by atoms with Crippen LogP contribution in [-0.2, 0) is 4.79 Å². The molecule has 1 heterocycles. The van der Waals surface area contributed by atoms with Gasteiger partial charge in [0.05, 0.1) is 0 Å². The minimum absolute atomic E-state index is 0.0204. The fraction of sp³-hybridized carbons (Fsp3) is 0.923. The Labute approximate surface area is 104 Å². The van der Waals surface area contributed by atoms with Crippen molar-refractivity contribution in [2.75, 3.05) is 32.7 Å². The zero-order valence-electron chi connectivity index (χ0n) is 10.8. The first kappa shape index (κ1) is 12.8. The van der Waals surface area contributed by atoms with Crippen molar-refractivity contribution in [3.8, 4) is 0 Å². The molecular formula is C13H24N2O2. The Morgan fingerprint density at radius 2 is 1.71 bits per heavy atom. The maximum Gasteiger partial charge on any atom is 0.254 e. The Bertz CT molecular complexity index is 267. The fourth-order valence-electron chi connectivity index (χ4n) is 2.91. The SMILES string of the molecule is CCN1CCN(C(=O)C2(O)CCCCC2)CC1. The number of hydrogen-bond donors (Lipinski definition) is 1. The normalized spacial score (nSPS) is 25.9. The van der Waals surface area contributed by atoms with E-state index < -0.39 is 5.60 Å². The third kappa shape index (κ3) is 2.80. The van der Waals surface area contributed by atoms with Gasteiger partial charge in [-0.15, -0.1) is 0 Å². The third-order valence-corrected chi connectivity index (χ3v) is 4.19. The lowest BCUT2D eigenvalue weighted by Crippen LogP contribution is -2.56. The summed E-state index contributed by atoms with van der Waals surface area (Å²) in [6.07, 6.45) is 4.42. The number of piperazine rings is 1. The summed E-state index contributed by atoms with van der Waals surface area (Å²) in [5.74, 6) is -0.0204. The monoisotopic (exact) mass is 240 g/mol. The molecule has 2 aliphatic rings. The molecule has 4 nitrogen and oxygen atoms in total. The van der Waals surface area contributed by atoms with E-state index in [1.807, 2.05) is 4.90 Å². The first-order valence-corrected chi connectivity index (χ1v) is 6.90. The van der Waals surface area contributed by atoms with Gasteiger partial charge in [-0.2, -0.15) is 0 Å². The van der Waals surface area contributed by atoms with Crippen LogP contribution in [0.4, 0.5) is 0 Å². The van der Waals surface area contributed by atoms with Crippen LogP contribution in [0.25, 0.3) is 0 Å². The van der Waals surface area contributed by atoms with Crippen molar-refractivity contribution in [2.45, 2.75) is 44.6 Å². The molecule has 0 aromatic carbocycles. The summed E-state index contributed by atoms with van der Waals surface area (Å²) in [5, 5.41) is 10.4. The quantitative estimate of drug-likeness (QED) is 0.778. The molecule has 2 rings (SSSR count). The number of nitrogens with zero attached hydrogens (tertiary/aromatic N) is 2. The number of amides is 1. The van der Waals surface area contributed by atoms with Gasteiger partial charge in [0.25, 0.3) is 5.91 Å². The Kier molecular flexibility index (Phi) is 4.05. The smallest absolute Gasteiger partial charge is 0.254 e. The Morgan fingerprint density at radius 3 is 2.24 bits per heavy atom. The van der Waals surface area contributed by atoms with Crippen LogP contribution in [0, 0.1) is 0 Å². The Hall–Kier alpha value is -0.610. The van der Waals surface area contributed by atoms with Crippen molar-refractivity contribution in [2.24, 2.45) is 0 Å². The molecule has 17 heavy (non-hydrogen) atoms. The molecule has 4 heteroatoms. The van der Waals surface area contributed by atoms with Gasteiger partial charge in [-0.1, -0.05) is 26.2 Å². The van der Waals surface area contributed by atoms with E-state index in [1.54, 1.807) is 0 Å². The molecule has 0 bridgehead atoms. The van der Waals surface area contributed by atoms with Gasteiger partial charge in [-0.05, 0) is 19.4 Å². The molecule has 0 unspecified atom stereocenters. The second-order valence-corrected chi connectivity index (χ2v) is 5.32. The van der Waals surface area contributed by atoms with Gasteiger partial charge in [0.15, 0.2) is 0 Å². The van der Waals surface area contributed by atoms with E-state index in [0.717, 1.165) is 52.0 Å². The predicted molar refractivity (Wildman–Crippen MR) is 66.7 cm³/mol. The Morgan fingerprint density at radius 1 is 1.12 bits per heavy atom. The van der Waals surface area contributed by atoms with Gasteiger partial charge in [-0.3, -0.25) is 4.79 Å². The second kappa shape index (κ2) is 5.36. The minimum atomic E-state index is -1.05. The lowest BCUT2D eigenvalue weighted by Gasteiger charge is -2.40. The van der Waals surface area contributed by atoms with Crippen molar-refractivity contribution >= 4 is 5.91 Å². The van der Waals surface area contributed by atoms with E-state index in [2.05, 4.69) is 11.8 Å². The summed E-state index contributed by atoms with van der Waals surface area (Å²) in [7, 11) is 0. The first-order valence-electron chi connectivity index (χ1n) is 6.90. The highest BCUT2D eigenvalue weighted by molar-refractivity contribution is 5.85. The lowest BCUT2D eigenvalue weighted by atomic mass is 9.83. The molecular weight excluding hydrogens is 216 g/mol. The number of carbonyl (C=O) groups is 1. The molecule has 0 spiro atoms. The topological polar surface area (TPSA) is 43.8 Å². The van der Waals surface area contributed by atoms with Crippen molar-refractivity contribution in [1.29, 1.82) is 0 Å². The van der Waals surface area contributed by atoms with Crippen LogP contribution in [0.3, 0.4) is 0 Å². The highest BCUT2D eigenvalue weighted by Gasteiger charge is 2.40. The standard InChI is InChI=1S/C13H24N2O2/c1-2-14-8-10-15(11-9-14)12(16)13(17)6-4-3-5-7-13/h17H,2-11H2,1H3. The molecule has 98 valence electrons. The average molecular weight is 240 g/mol. The lowest BCUT2D eigenvalue weighted by molar-refractivity contribution is -0.156. The molecule has 0 aromatic heterocycles. The van der Waals surface area contributed by atoms with Crippen LogP contribution < -0.4 is 0 Å². The summed E-state index contributed by atoms with van der Waals surface area (Å²) in [5.41, 5.74) is -1.05. The van der Waals surface area contributed by atoms with Gasteiger partial charge in [-0.25, -0.2) is 0 Å². The molecule has 1 N–H and O–H groups in total. The van der Waals surface area contributed by atoms with Gasteiger partial charge in [0, 0.05) is 26.2 Å². The van der Waals surface area contributed by atoms with E-state index in [-0.39, 0.29) is 5.91 Å². The summed E-state index contributed by atoms with van der Waals surface area (Å²) < 4.78 is 0. The van der Waals surface area contributed by atoms with Crippen molar-refractivity contribution in [1.82, 2.24) is 9.80 Å². The molecule has 2 fully saturated rings. The highest BCUT2D eigenvalue weighted by Crippen LogP contribution is 2.30. The number of aliphatic hydroxyl groups is 1. The zero-order chi connectivity index (χ0) is 12.3. The molecule has 1 saturated carbocycles. The number of hydrogen-bond acceptors (Lipinski definition) is 3. The first-order chi connectivity index (χ1) is 8.15. The molecule has 1 aliphatic carbocycles. The zero-order valence-corrected chi connectivity index (χ0v) is 10.8. The summed E-state index contributed by atoms with van der Waals surface area (Å²) >= 11 is 0. The van der Waals surface area contributed by atoms with E-state index >= 15 is 0 Å². The van der Waals surface area contributed by atoms with Crippen LogP contribution in [0.5, 0.6) is 0 Å². The van der Waals surface area contributed by atoms with Crippen molar-refractivity contribution < 1.29 is 9.90 Å². The van der Waals surface area contributed by atoms with E-state index in [9.17, 15) is 9.90 Å². The maximum absolute atomic E-state index is 12.3. The second-order valence-electron chi connectivity index (χ2n) is 5.32. The third-order valence-electron chi connectivity index (χ3n) is 4.19. The minimum Gasteiger partial charge on any atom is -0.380 e. The predicted octanol–water partition coefficient (Wildman–Crippen LogP) is 0.846. The van der Waals surface area contributed by atoms with Crippen molar-refractivity contribution in [3.63, 3.8) is 0 Å². The highest BCUT2D eigenvalue weighted by atomic mass is 16.3. The number of likely N-dealkylation sites (N-methyl/N-ethyl adjacent to an activating group) is 1. The molecule has 0 radical (unpaired) electrons. The van der Waals surface area contributed by atoms with Crippen LogP contribution in [0.2, 0.25) is 0 Å². The maximum atomic E-state index is 12.3. The summed E-state index contributed by atoms with van der Waals surface area (Å²) in [6.45, 7) is 6.62. The van der Waals surface area contributed by atoms with Crippen LogP contribution >= 0.6 is 0 Å². The van der Waals surface area contributed by atoms with Crippen LogP contribution in [0.15, 0.2) is 0 Å². The van der Waals surface area contributed by atoms with Crippen LogP contribution in [-0.4, -0.2) is 59.1 Å². The average Bonchev–Trinajstić information content (AvgIpc) is 2.39. The van der Waals surface area contributed by atoms with Gasteiger partial charge in [0.1, 0.15) is 5.60 Å². The van der Waals surface area contributed by atoms with Crippen LogP contribution in [0.1, 0.15) is 39.0 Å². The van der Waals surface area contributed by atoms with Gasteiger partial charge >= 0.3 is 0 Å². The van der Waals surface area contributed by atoms with E-state index in [4.69, 9.17) is 0 Å². The van der Waals surface area contributed by atoms with Gasteiger partial charge in [0.2, 0.25) is 0 Å². The summed E-state index contributed by atoms with van der Waals surface area (Å²) in [4.78, 5) is 16.5. The molecule has 1 aliphatic heterocycles. The Balaban J connectivity index is 1.91. The molecule has 1 amide bonds. The summed E-state index contributed by atoms with van der Waals surface area (Å²) in [6, 6.07) is 0. The molecule has 1 saturated heterocycles. The van der Waals surface area contributed by atoms with E-state index in [1.165, 1.54) is 0 Å².